The van der Waals surface area contributed by atoms with E-state index in [9.17, 15) is 4.79 Å². The van der Waals surface area contributed by atoms with Crippen LogP contribution in [-0.4, -0.2) is 27.8 Å². The first-order chi connectivity index (χ1) is 10.5. The minimum Gasteiger partial charge on any atom is -0.398 e. The van der Waals surface area contributed by atoms with Crippen LogP contribution in [0.4, 0.5) is 5.69 Å². The summed E-state index contributed by atoms with van der Waals surface area (Å²) in [6.45, 7) is 0.385. The Hall–Kier alpha value is -2.53. The summed E-state index contributed by atoms with van der Waals surface area (Å²) in [5.41, 5.74) is 8.47. The van der Waals surface area contributed by atoms with Gasteiger partial charge < -0.3 is 15.6 Å². The van der Waals surface area contributed by atoms with Crippen molar-refractivity contribution in [1.29, 1.82) is 0 Å². The van der Waals surface area contributed by atoms with Crippen LogP contribution in [0.2, 0.25) is 5.02 Å². The van der Waals surface area contributed by atoms with E-state index >= 15 is 0 Å². The van der Waals surface area contributed by atoms with Gasteiger partial charge in [0.05, 0.1) is 28.3 Å². The van der Waals surface area contributed by atoms with Crippen LogP contribution in [-0.2, 0) is 6.54 Å². The number of benzene rings is 2. The molecule has 0 aliphatic carbocycles. The first-order valence-corrected chi connectivity index (χ1v) is 7.16. The van der Waals surface area contributed by atoms with Crippen LogP contribution in [0.3, 0.4) is 0 Å². The third kappa shape index (κ3) is 2.76. The van der Waals surface area contributed by atoms with E-state index in [0.717, 1.165) is 16.9 Å². The van der Waals surface area contributed by atoms with Crippen LogP contribution in [0.1, 0.15) is 16.2 Å². The largest absolute Gasteiger partial charge is 0.398 e. The summed E-state index contributed by atoms with van der Waals surface area (Å²) in [6.07, 6.45) is 0. The molecular weight excluding hydrogens is 300 g/mol. The Labute approximate surface area is 132 Å². The minimum absolute atomic E-state index is 0.135. The summed E-state index contributed by atoms with van der Waals surface area (Å²) in [4.78, 5) is 21.7. The van der Waals surface area contributed by atoms with Gasteiger partial charge >= 0.3 is 0 Å². The Morgan fingerprint density at radius 3 is 2.82 bits per heavy atom. The monoisotopic (exact) mass is 314 g/mol. The summed E-state index contributed by atoms with van der Waals surface area (Å²) in [6, 6.07) is 12.6. The van der Waals surface area contributed by atoms with Gasteiger partial charge in [0.2, 0.25) is 0 Å². The zero-order chi connectivity index (χ0) is 15.7. The third-order valence-electron chi connectivity index (χ3n) is 3.42. The van der Waals surface area contributed by atoms with Gasteiger partial charge in [0.1, 0.15) is 5.82 Å². The van der Waals surface area contributed by atoms with Gasteiger partial charge in [-0.3, -0.25) is 4.79 Å². The number of carbonyl (C=O) groups excluding carboxylic acids is 1. The molecule has 0 aliphatic heterocycles. The van der Waals surface area contributed by atoms with Crippen LogP contribution in [0.5, 0.6) is 0 Å². The van der Waals surface area contributed by atoms with Crippen molar-refractivity contribution < 1.29 is 4.79 Å². The number of anilines is 1. The van der Waals surface area contributed by atoms with Crippen molar-refractivity contribution in [2.45, 2.75) is 6.54 Å². The molecular formula is C16H15ClN4O. The lowest BCUT2D eigenvalue weighted by atomic mass is 10.2. The smallest absolute Gasteiger partial charge is 0.254 e. The number of H-pyrrole nitrogens is 1. The highest BCUT2D eigenvalue weighted by Crippen LogP contribution is 2.20. The van der Waals surface area contributed by atoms with Crippen molar-refractivity contribution >= 4 is 34.2 Å². The van der Waals surface area contributed by atoms with Gasteiger partial charge in [0.25, 0.3) is 5.91 Å². The third-order valence-corrected chi connectivity index (χ3v) is 3.76. The molecule has 1 heterocycles. The van der Waals surface area contributed by atoms with Crippen LogP contribution in [0.25, 0.3) is 11.0 Å². The number of nitrogens with two attached hydrogens (primary N) is 1. The zero-order valence-electron chi connectivity index (χ0n) is 12.0. The summed E-state index contributed by atoms with van der Waals surface area (Å²) < 4.78 is 0. The second kappa shape index (κ2) is 5.69. The Kier molecular flexibility index (Phi) is 3.73. The topological polar surface area (TPSA) is 75.0 Å². The first-order valence-electron chi connectivity index (χ1n) is 6.78. The van der Waals surface area contributed by atoms with Gasteiger partial charge in [-0.2, -0.15) is 0 Å². The maximum Gasteiger partial charge on any atom is 0.254 e. The lowest BCUT2D eigenvalue weighted by Gasteiger charge is -2.16. The van der Waals surface area contributed by atoms with E-state index in [0.29, 0.717) is 22.8 Å². The summed E-state index contributed by atoms with van der Waals surface area (Å²) >= 11 is 5.87. The van der Waals surface area contributed by atoms with Gasteiger partial charge in [-0.1, -0.05) is 23.7 Å². The molecule has 0 aliphatic rings. The number of imidazole rings is 1. The highest BCUT2D eigenvalue weighted by molar-refractivity contribution is 6.33. The van der Waals surface area contributed by atoms with Crippen molar-refractivity contribution in [3.8, 4) is 0 Å². The molecule has 3 rings (SSSR count). The number of hydrogen-bond acceptors (Lipinski definition) is 3. The standard InChI is InChI=1S/C16H15ClN4O/c1-21(16(22)10-6-7-11(17)12(18)8-10)9-15-19-13-4-2-3-5-14(13)20-15/h2-8H,9,18H2,1H3,(H,19,20). The number of nitrogen functional groups attached to an aromatic ring is 1. The van der Waals surface area contributed by atoms with Crippen molar-refractivity contribution in [2.24, 2.45) is 0 Å². The van der Waals surface area contributed by atoms with E-state index in [2.05, 4.69) is 9.97 Å². The Morgan fingerprint density at radius 1 is 1.32 bits per heavy atom. The molecule has 0 radical (unpaired) electrons. The Balaban J connectivity index is 1.79. The molecule has 0 bridgehead atoms. The lowest BCUT2D eigenvalue weighted by Crippen LogP contribution is -2.26. The van der Waals surface area contributed by atoms with Crippen LogP contribution in [0.15, 0.2) is 42.5 Å². The fourth-order valence-electron chi connectivity index (χ4n) is 2.27. The van der Waals surface area contributed by atoms with Crippen molar-refractivity contribution in [3.63, 3.8) is 0 Å². The summed E-state index contributed by atoms with van der Waals surface area (Å²) in [7, 11) is 1.72. The number of halogens is 1. The number of aromatic nitrogens is 2. The normalized spacial score (nSPS) is 10.8. The Bertz CT molecular complexity index is 810. The zero-order valence-corrected chi connectivity index (χ0v) is 12.8. The molecule has 0 spiro atoms. The van der Waals surface area contributed by atoms with Crippen LogP contribution >= 0.6 is 11.6 Å². The van der Waals surface area contributed by atoms with E-state index in [1.807, 2.05) is 24.3 Å². The molecule has 0 saturated carbocycles. The maximum absolute atomic E-state index is 12.4. The molecule has 3 aromatic rings. The highest BCUT2D eigenvalue weighted by Gasteiger charge is 2.14. The quantitative estimate of drug-likeness (QED) is 0.729. The van der Waals surface area contributed by atoms with Gasteiger partial charge in [-0.05, 0) is 30.3 Å². The number of amides is 1. The van der Waals surface area contributed by atoms with Gasteiger partial charge in [-0.25, -0.2) is 4.98 Å². The van der Waals surface area contributed by atoms with Gasteiger partial charge in [-0.15, -0.1) is 0 Å². The molecule has 22 heavy (non-hydrogen) atoms. The minimum atomic E-state index is -0.135. The molecule has 3 N–H and O–H groups in total. The first kappa shape index (κ1) is 14.4. The number of aromatic amines is 1. The molecule has 112 valence electrons. The molecule has 1 aromatic heterocycles. The molecule has 0 saturated heterocycles. The molecule has 0 atom stereocenters. The van der Waals surface area contributed by atoms with Crippen LogP contribution < -0.4 is 5.73 Å². The lowest BCUT2D eigenvalue weighted by molar-refractivity contribution is 0.0782. The predicted octanol–water partition coefficient (Wildman–Crippen LogP) is 3.07. The number of para-hydroxylation sites is 2. The summed E-state index contributed by atoms with van der Waals surface area (Å²) in [5, 5.41) is 0.441. The van der Waals surface area contributed by atoms with Gasteiger partial charge in [0, 0.05) is 12.6 Å². The molecule has 1 amide bonds. The predicted molar refractivity (Wildman–Crippen MR) is 87.8 cm³/mol. The van der Waals surface area contributed by atoms with E-state index in [-0.39, 0.29) is 5.91 Å². The van der Waals surface area contributed by atoms with Gasteiger partial charge in [0.15, 0.2) is 0 Å². The van der Waals surface area contributed by atoms with E-state index in [1.165, 1.54) is 0 Å². The summed E-state index contributed by atoms with van der Waals surface area (Å²) in [5.74, 6) is 0.600. The van der Waals surface area contributed by atoms with E-state index in [4.69, 9.17) is 17.3 Å². The van der Waals surface area contributed by atoms with Crippen molar-refractivity contribution in [3.05, 3.63) is 58.9 Å². The maximum atomic E-state index is 12.4. The molecule has 0 unspecified atom stereocenters. The second-order valence-electron chi connectivity index (χ2n) is 5.10. The van der Waals surface area contributed by atoms with Crippen molar-refractivity contribution in [2.75, 3.05) is 12.8 Å². The SMILES string of the molecule is CN(Cc1nc2ccccc2[nH]1)C(=O)c1ccc(Cl)c(N)c1. The number of nitrogens with one attached hydrogen (secondary N) is 1. The second-order valence-corrected chi connectivity index (χ2v) is 5.51. The van der Waals surface area contributed by atoms with Crippen LogP contribution in [0, 0.1) is 0 Å². The highest BCUT2D eigenvalue weighted by atomic mass is 35.5. The average Bonchev–Trinajstić information content (AvgIpc) is 2.91. The number of fused-ring (bicyclic) bond motifs is 1. The molecule has 5 nitrogen and oxygen atoms in total. The molecule has 2 aromatic carbocycles. The van der Waals surface area contributed by atoms with E-state index in [1.54, 1.807) is 30.1 Å². The number of rotatable bonds is 3. The molecule has 6 heteroatoms. The van der Waals surface area contributed by atoms with Crippen molar-refractivity contribution in [1.82, 2.24) is 14.9 Å². The number of nitrogens with zero attached hydrogens (tertiary/aromatic N) is 2. The Morgan fingerprint density at radius 2 is 2.09 bits per heavy atom. The fraction of sp³-hybridized carbons (Fsp3) is 0.125. The fourth-order valence-corrected chi connectivity index (χ4v) is 2.39. The number of hydrogen-bond donors (Lipinski definition) is 2. The van der Waals surface area contributed by atoms with E-state index < -0.39 is 0 Å². The molecule has 0 fully saturated rings. The average molecular weight is 315 g/mol. The number of carbonyl (C=O) groups is 1.